The van der Waals surface area contributed by atoms with Crippen LogP contribution in [-0.4, -0.2) is 16.9 Å². The number of hydrogen-bond acceptors (Lipinski definition) is 4. The largest absolute Gasteiger partial charge is 0.451 e. The first-order valence-corrected chi connectivity index (χ1v) is 9.99. The number of halogens is 1. The fraction of sp³-hybridized carbons (Fsp3) is 0.136. The molecule has 3 N–H and O–H groups in total. The number of furan rings is 1. The fourth-order valence-corrected chi connectivity index (χ4v) is 2.95. The van der Waals surface area contributed by atoms with Gasteiger partial charge in [-0.05, 0) is 54.7 Å². The third kappa shape index (κ3) is 5.68. The lowest BCUT2D eigenvalue weighted by atomic mass is 10.2. The maximum atomic E-state index is 12.4. The van der Waals surface area contributed by atoms with Gasteiger partial charge in [0.05, 0.1) is 0 Å². The smallest absolute Gasteiger partial charge is 0.293 e. The Morgan fingerprint density at radius 3 is 2.37 bits per heavy atom. The Bertz CT molecular complexity index is 1090. The van der Waals surface area contributed by atoms with Crippen LogP contribution in [-0.2, 0) is 4.79 Å². The highest BCUT2D eigenvalue weighted by Gasteiger charge is 2.14. The van der Waals surface area contributed by atoms with Crippen molar-refractivity contribution in [3.8, 4) is 11.3 Å². The summed E-state index contributed by atoms with van der Waals surface area (Å²) in [5.41, 5.74) is 2.02. The molecule has 2 aromatic carbocycles. The highest BCUT2D eigenvalue weighted by Crippen LogP contribution is 2.24. The predicted octanol–water partition coefficient (Wildman–Crippen LogP) is 5.32. The average Bonchev–Trinajstić information content (AvgIpc) is 3.18. The number of rotatable bonds is 5. The Balaban J connectivity index is 1.61. The van der Waals surface area contributed by atoms with E-state index in [0.29, 0.717) is 22.2 Å². The highest BCUT2D eigenvalue weighted by molar-refractivity contribution is 7.80. The van der Waals surface area contributed by atoms with Gasteiger partial charge in [-0.1, -0.05) is 43.6 Å². The van der Waals surface area contributed by atoms with Crippen LogP contribution < -0.4 is 16.0 Å². The zero-order valence-electron chi connectivity index (χ0n) is 16.4. The van der Waals surface area contributed by atoms with Gasteiger partial charge in [0.1, 0.15) is 5.76 Å². The molecule has 0 aliphatic rings. The van der Waals surface area contributed by atoms with Crippen LogP contribution in [0.3, 0.4) is 0 Å². The number of nitrogens with one attached hydrogen (secondary N) is 3. The summed E-state index contributed by atoms with van der Waals surface area (Å²) in [5, 5.41) is 8.98. The molecule has 30 heavy (non-hydrogen) atoms. The molecule has 0 unspecified atom stereocenters. The first kappa shape index (κ1) is 21.5. The van der Waals surface area contributed by atoms with Gasteiger partial charge in [0.2, 0.25) is 5.91 Å². The molecule has 0 fully saturated rings. The van der Waals surface area contributed by atoms with Gasteiger partial charge in [0.15, 0.2) is 10.9 Å². The minimum Gasteiger partial charge on any atom is -0.451 e. The van der Waals surface area contributed by atoms with Crippen LogP contribution in [0.15, 0.2) is 65.1 Å². The van der Waals surface area contributed by atoms with Crippen LogP contribution in [0.2, 0.25) is 5.02 Å². The third-order valence-corrected chi connectivity index (χ3v) is 4.52. The van der Waals surface area contributed by atoms with Gasteiger partial charge < -0.3 is 15.1 Å². The van der Waals surface area contributed by atoms with Gasteiger partial charge in [-0.15, -0.1) is 0 Å². The standard InChI is InChI=1S/C22H20ClN3O3S/c1-13(2)20(27)24-16-7-4-8-17(12-16)25-22(30)26-21(28)19-10-9-18(29-19)14-5-3-6-15(23)11-14/h3-13H,1-2H3,(H,24,27)(H2,25,26,28,30). The van der Waals surface area contributed by atoms with E-state index >= 15 is 0 Å². The molecule has 8 heteroatoms. The molecular weight excluding hydrogens is 422 g/mol. The van der Waals surface area contributed by atoms with Crippen LogP contribution in [0.5, 0.6) is 0 Å². The van der Waals surface area contributed by atoms with Gasteiger partial charge in [-0.2, -0.15) is 0 Å². The Labute approximate surface area is 184 Å². The van der Waals surface area contributed by atoms with E-state index in [2.05, 4.69) is 16.0 Å². The van der Waals surface area contributed by atoms with Gasteiger partial charge in [0.25, 0.3) is 5.91 Å². The van der Waals surface area contributed by atoms with Crippen molar-refractivity contribution in [2.45, 2.75) is 13.8 Å². The summed E-state index contributed by atoms with van der Waals surface area (Å²) in [6.45, 7) is 3.63. The van der Waals surface area contributed by atoms with Gasteiger partial charge in [-0.3, -0.25) is 14.9 Å². The van der Waals surface area contributed by atoms with Crippen molar-refractivity contribution < 1.29 is 14.0 Å². The second-order valence-corrected chi connectivity index (χ2v) is 7.65. The summed E-state index contributed by atoms with van der Waals surface area (Å²) >= 11 is 11.2. The van der Waals surface area contributed by atoms with E-state index in [9.17, 15) is 9.59 Å². The summed E-state index contributed by atoms with van der Waals surface area (Å²) in [4.78, 5) is 24.3. The Morgan fingerprint density at radius 1 is 0.967 bits per heavy atom. The maximum absolute atomic E-state index is 12.4. The monoisotopic (exact) mass is 441 g/mol. The number of carbonyl (C=O) groups excluding carboxylic acids is 2. The van der Waals surface area contributed by atoms with E-state index in [1.54, 1.807) is 54.6 Å². The molecule has 0 bridgehead atoms. The SMILES string of the molecule is CC(C)C(=O)Nc1cccc(NC(=S)NC(=O)c2ccc(-c3cccc(Cl)c3)o2)c1. The van der Waals surface area contributed by atoms with E-state index < -0.39 is 5.91 Å². The van der Waals surface area contributed by atoms with Crippen molar-refractivity contribution >= 4 is 52.1 Å². The van der Waals surface area contributed by atoms with Crippen molar-refractivity contribution in [1.29, 1.82) is 0 Å². The molecule has 154 valence electrons. The van der Waals surface area contributed by atoms with E-state index in [-0.39, 0.29) is 22.7 Å². The lowest BCUT2D eigenvalue weighted by Gasteiger charge is -2.11. The van der Waals surface area contributed by atoms with Crippen molar-refractivity contribution in [3.05, 3.63) is 71.4 Å². The summed E-state index contributed by atoms with van der Waals surface area (Å²) in [6, 6.07) is 17.4. The minimum absolute atomic E-state index is 0.0867. The quantitative estimate of drug-likeness (QED) is 0.466. The molecule has 0 saturated carbocycles. The molecular formula is C22H20ClN3O3S. The molecule has 3 aromatic rings. The number of amides is 2. The molecule has 6 nitrogen and oxygen atoms in total. The fourth-order valence-electron chi connectivity index (χ4n) is 2.55. The lowest BCUT2D eigenvalue weighted by molar-refractivity contribution is -0.118. The second-order valence-electron chi connectivity index (χ2n) is 6.81. The maximum Gasteiger partial charge on any atom is 0.293 e. The topological polar surface area (TPSA) is 83.4 Å². The second kappa shape index (κ2) is 9.56. The van der Waals surface area contributed by atoms with Crippen LogP contribution in [0.1, 0.15) is 24.4 Å². The molecule has 3 rings (SSSR count). The van der Waals surface area contributed by atoms with E-state index in [1.807, 2.05) is 19.9 Å². The van der Waals surface area contributed by atoms with Crippen molar-refractivity contribution in [1.82, 2.24) is 5.32 Å². The van der Waals surface area contributed by atoms with Crippen molar-refractivity contribution in [2.24, 2.45) is 5.92 Å². The van der Waals surface area contributed by atoms with Crippen LogP contribution in [0, 0.1) is 5.92 Å². The molecule has 0 spiro atoms. The molecule has 0 atom stereocenters. The van der Waals surface area contributed by atoms with Gasteiger partial charge in [-0.25, -0.2) is 0 Å². The molecule has 0 saturated heterocycles. The molecule has 1 heterocycles. The number of thiocarbonyl (C=S) groups is 1. The third-order valence-electron chi connectivity index (χ3n) is 4.08. The molecule has 1 aromatic heterocycles. The Kier molecular flexibility index (Phi) is 6.87. The van der Waals surface area contributed by atoms with Crippen molar-refractivity contribution in [3.63, 3.8) is 0 Å². The van der Waals surface area contributed by atoms with Gasteiger partial charge >= 0.3 is 0 Å². The van der Waals surface area contributed by atoms with E-state index in [0.717, 1.165) is 5.56 Å². The van der Waals surface area contributed by atoms with Crippen LogP contribution in [0.4, 0.5) is 11.4 Å². The number of benzene rings is 2. The van der Waals surface area contributed by atoms with E-state index in [4.69, 9.17) is 28.2 Å². The molecule has 0 radical (unpaired) electrons. The normalized spacial score (nSPS) is 10.5. The number of hydrogen-bond donors (Lipinski definition) is 3. The minimum atomic E-state index is -0.481. The number of carbonyl (C=O) groups is 2. The zero-order valence-corrected chi connectivity index (χ0v) is 17.9. The molecule has 0 aliphatic heterocycles. The summed E-state index contributed by atoms with van der Waals surface area (Å²) in [6.07, 6.45) is 0. The summed E-state index contributed by atoms with van der Waals surface area (Å²) in [7, 11) is 0. The molecule has 0 aliphatic carbocycles. The van der Waals surface area contributed by atoms with Gasteiger partial charge in [0, 0.05) is 27.9 Å². The van der Waals surface area contributed by atoms with Crippen molar-refractivity contribution in [2.75, 3.05) is 10.6 Å². The van der Waals surface area contributed by atoms with E-state index in [1.165, 1.54) is 0 Å². The first-order chi connectivity index (χ1) is 14.3. The molecule has 2 amide bonds. The number of anilines is 2. The lowest BCUT2D eigenvalue weighted by Crippen LogP contribution is -2.33. The average molecular weight is 442 g/mol. The van der Waals surface area contributed by atoms with Crippen LogP contribution >= 0.6 is 23.8 Å². The van der Waals surface area contributed by atoms with Crippen LogP contribution in [0.25, 0.3) is 11.3 Å². The predicted molar refractivity (Wildman–Crippen MR) is 123 cm³/mol. The Hall–Kier alpha value is -3.16. The summed E-state index contributed by atoms with van der Waals surface area (Å²) < 4.78 is 5.62. The highest BCUT2D eigenvalue weighted by atomic mass is 35.5. The zero-order chi connectivity index (χ0) is 21.7. The Morgan fingerprint density at radius 2 is 1.67 bits per heavy atom. The first-order valence-electron chi connectivity index (χ1n) is 9.21. The summed E-state index contributed by atoms with van der Waals surface area (Å²) in [5.74, 6) is -0.0596.